The first kappa shape index (κ1) is 15.6. The van der Waals surface area contributed by atoms with Crippen molar-refractivity contribution in [2.24, 2.45) is 0 Å². The molecular formula is C14H24N2O3. The van der Waals surface area contributed by atoms with E-state index in [0.29, 0.717) is 6.54 Å². The molecule has 0 fully saturated rings. The van der Waals surface area contributed by atoms with E-state index >= 15 is 0 Å². The molecule has 0 saturated carbocycles. The zero-order chi connectivity index (χ0) is 14.3. The van der Waals surface area contributed by atoms with E-state index in [4.69, 9.17) is 14.2 Å². The Bertz CT molecular complexity index is 369. The minimum Gasteiger partial charge on any atom is -0.496 e. The molecule has 1 rings (SSSR count). The van der Waals surface area contributed by atoms with Crippen molar-refractivity contribution >= 4 is 0 Å². The van der Waals surface area contributed by atoms with Crippen molar-refractivity contribution in [3.8, 4) is 17.2 Å². The normalized spacial score (nSPS) is 10.6. The summed E-state index contributed by atoms with van der Waals surface area (Å²) in [5, 5.41) is 3.38. The molecule has 0 bridgehead atoms. The maximum atomic E-state index is 5.40. The van der Waals surface area contributed by atoms with Crippen LogP contribution in [0.25, 0.3) is 0 Å². The molecule has 0 spiro atoms. The van der Waals surface area contributed by atoms with Crippen molar-refractivity contribution in [1.29, 1.82) is 0 Å². The van der Waals surface area contributed by atoms with Gasteiger partial charge in [0.2, 0.25) is 0 Å². The van der Waals surface area contributed by atoms with Crippen LogP contribution in [0.15, 0.2) is 12.1 Å². The van der Waals surface area contributed by atoms with E-state index in [0.717, 1.165) is 35.9 Å². The zero-order valence-corrected chi connectivity index (χ0v) is 12.4. The van der Waals surface area contributed by atoms with Gasteiger partial charge in [0, 0.05) is 31.8 Å². The summed E-state index contributed by atoms with van der Waals surface area (Å²) >= 11 is 0. The summed E-state index contributed by atoms with van der Waals surface area (Å²) in [6.07, 6.45) is 0. The minimum atomic E-state index is 0.699. The topological polar surface area (TPSA) is 43.0 Å². The van der Waals surface area contributed by atoms with Gasteiger partial charge in [-0.3, -0.25) is 0 Å². The largest absolute Gasteiger partial charge is 0.496 e. The summed E-state index contributed by atoms with van der Waals surface area (Å²) in [7, 11) is 9.03. The standard InChI is InChI=1S/C14H24N2O3/c1-16(2)7-6-15-10-12-13(18-4)8-11(17-3)9-14(12)19-5/h8-9,15H,6-7,10H2,1-5H3. The molecule has 0 heterocycles. The molecule has 0 aliphatic heterocycles. The van der Waals surface area contributed by atoms with Gasteiger partial charge < -0.3 is 24.4 Å². The van der Waals surface area contributed by atoms with Gasteiger partial charge in [-0.25, -0.2) is 0 Å². The third-order valence-corrected chi connectivity index (χ3v) is 2.85. The maximum absolute atomic E-state index is 5.40. The average Bonchev–Trinajstić information content (AvgIpc) is 2.42. The predicted molar refractivity (Wildman–Crippen MR) is 76.4 cm³/mol. The number of nitrogens with zero attached hydrogens (tertiary/aromatic N) is 1. The fraction of sp³-hybridized carbons (Fsp3) is 0.571. The third kappa shape index (κ3) is 4.61. The van der Waals surface area contributed by atoms with Crippen LogP contribution in [-0.2, 0) is 6.54 Å². The second-order valence-electron chi connectivity index (χ2n) is 4.49. The lowest BCUT2D eigenvalue weighted by Crippen LogP contribution is -2.26. The van der Waals surface area contributed by atoms with Crippen LogP contribution in [0.1, 0.15) is 5.56 Å². The van der Waals surface area contributed by atoms with E-state index in [9.17, 15) is 0 Å². The summed E-state index contributed by atoms with van der Waals surface area (Å²) in [5.41, 5.74) is 1.00. The van der Waals surface area contributed by atoms with Crippen molar-refractivity contribution in [2.75, 3.05) is 48.5 Å². The molecule has 0 saturated heterocycles. The Morgan fingerprint density at radius 2 is 1.58 bits per heavy atom. The van der Waals surface area contributed by atoms with E-state index in [-0.39, 0.29) is 0 Å². The molecule has 0 unspecified atom stereocenters. The monoisotopic (exact) mass is 268 g/mol. The molecule has 0 aliphatic rings. The van der Waals surface area contributed by atoms with Crippen molar-refractivity contribution in [3.05, 3.63) is 17.7 Å². The van der Waals surface area contributed by atoms with Gasteiger partial charge in [0.25, 0.3) is 0 Å². The first-order chi connectivity index (χ1) is 9.12. The fourth-order valence-electron chi connectivity index (χ4n) is 1.77. The Morgan fingerprint density at radius 3 is 2.00 bits per heavy atom. The molecule has 0 aromatic heterocycles. The number of ether oxygens (including phenoxy) is 3. The maximum Gasteiger partial charge on any atom is 0.130 e. The average molecular weight is 268 g/mol. The number of benzene rings is 1. The predicted octanol–water partition coefficient (Wildman–Crippen LogP) is 1.36. The summed E-state index contributed by atoms with van der Waals surface area (Å²) in [4.78, 5) is 2.13. The van der Waals surface area contributed by atoms with Gasteiger partial charge in [0.1, 0.15) is 17.2 Å². The van der Waals surface area contributed by atoms with Crippen LogP contribution in [0.2, 0.25) is 0 Å². The molecule has 5 heteroatoms. The number of hydrogen-bond acceptors (Lipinski definition) is 5. The Kier molecular flexibility index (Phi) is 6.45. The minimum absolute atomic E-state index is 0.699. The van der Waals surface area contributed by atoms with Gasteiger partial charge in [-0.05, 0) is 14.1 Å². The lowest BCUT2D eigenvalue weighted by atomic mass is 10.1. The Morgan fingerprint density at radius 1 is 1.00 bits per heavy atom. The van der Waals surface area contributed by atoms with E-state index in [1.54, 1.807) is 21.3 Å². The molecule has 1 aromatic carbocycles. The highest BCUT2D eigenvalue weighted by molar-refractivity contribution is 5.50. The van der Waals surface area contributed by atoms with Gasteiger partial charge in [0.05, 0.1) is 26.9 Å². The quantitative estimate of drug-likeness (QED) is 0.721. The van der Waals surface area contributed by atoms with Crippen LogP contribution in [0.3, 0.4) is 0 Å². The van der Waals surface area contributed by atoms with E-state index in [2.05, 4.69) is 24.3 Å². The summed E-state index contributed by atoms with van der Waals surface area (Å²) in [6, 6.07) is 3.73. The first-order valence-electron chi connectivity index (χ1n) is 6.26. The second kappa shape index (κ2) is 7.86. The summed E-state index contributed by atoms with van der Waals surface area (Å²) in [5.74, 6) is 2.27. The van der Waals surface area contributed by atoms with Crippen LogP contribution in [0.5, 0.6) is 17.2 Å². The molecule has 108 valence electrons. The van der Waals surface area contributed by atoms with E-state index < -0.39 is 0 Å². The number of rotatable bonds is 8. The number of likely N-dealkylation sites (N-methyl/N-ethyl adjacent to an activating group) is 1. The molecule has 0 aliphatic carbocycles. The highest BCUT2D eigenvalue weighted by Gasteiger charge is 2.12. The molecule has 5 nitrogen and oxygen atoms in total. The molecule has 19 heavy (non-hydrogen) atoms. The van der Waals surface area contributed by atoms with Gasteiger partial charge in [0.15, 0.2) is 0 Å². The highest BCUT2D eigenvalue weighted by Crippen LogP contribution is 2.33. The van der Waals surface area contributed by atoms with Crippen molar-refractivity contribution in [2.45, 2.75) is 6.54 Å². The SMILES string of the molecule is COc1cc(OC)c(CNCCN(C)C)c(OC)c1. The van der Waals surface area contributed by atoms with Crippen LogP contribution >= 0.6 is 0 Å². The molecule has 0 amide bonds. The number of hydrogen-bond donors (Lipinski definition) is 1. The smallest absolute Gasteiger partial charge is 0.130 e. The van der Waals surface area contributed by atoms with E-state index in [1.807, 2.05) is 12.1 Å². The van der Waals surface area contributed by atoms with Crippen LogP contribution in [0.4, 0.5) is 0 Å². The van der Waals surface area contributed by atoms with Crippen molar-refractivity contribution in [3.63, 3.8) is 0 Å². The molecular weight excluding hydrogens is 244 g/mol. The lowest BCUT2D eigenvalue weighted by Gasteiger charge is -2.16. The lowest BCUT2D eigenvalue weighted by molar-refractivity contribution is 0.363. The number of nitrogens with one attached hydrogen (secondary N) is 1. The first-order valence-corrected chi connectivity index (χ1v) is 6.26. The van der Waals surface area contributed by atoms with E-state index in [1.165, 1.54) is 0 Å². The van der Waals surface area contributed by atoms with Crippen molar-refractivity contribution in [1.82, 2.24) is 10.2 Å². The number of methoxy groups -OCH3 is 3. The molecule has 1 aromatic rings. The van der Waals surface area contributed by atoms with Crippen LogP contribution in [-0.4, -0.2) is 53.4 Å². The Hall–Kier alpha value is -1.46. The Balaban J connectivity index is 2.79. The van der Waals surface area contributed by atoms with Gasteiger partial charge in [-0.15, -0.1) is 0 Å². The van der Waals surface area contributed by atoms with Gasteiger partial charge in [-0.1, -0.05) is 0 Å². The third-order valence-electron chi connectivity index (χ3n) is 2.85. The summed E-state index contributed by atoms with van der Waals surface area (Å²) in [6.45, 7) is 2.59. The molecule has 1 N–H and O–H groups in total. The highest BCUT2D eigenvalue weighted by atomic mass is 16.5. The fourth-order valence-corrected chi connectivity index (χ4v) is 1.77. The Labute approximate surface area is 115 Å². The zero-order valence-electron chi connectivity index (χ0n) is 12.4. The molecule has 0 radical (unpaired) electrons. The molecule has 0 atom stereocenters. The van der Waals surface area contributed by atoms with Crippen LogP contribution in [0, 0.1) is 0 Å². The summed E-state index contributed by atoms with van der Waals surface area (Å²) < 4.78 is 16.0. The van der Waals surface area contributed by atoms with Gasteiger partial charge in [-0.2, -0.15) is 0 Å². The van der Waals surface area contributed by atoms with Crippen LogP contribution < -0.4 is 19.5 Å². The van der Waals surface area contributed by atoms with Gasteiger partial charge >= 0.3 is 0 Å². The van der Waals surface area contributed by atoms with Crippen molar-refractivity contribution < 1.29 is 14.2 Å². The second-order valence-corrected chi connectivity index (χ2v) is 4.49.